The SMILES string of the molecule is [B]c1cnn2c(NCc3cccc(CN)c3)cc(-c3ccccc3Cl)nc12. The Morgan fingerprint density at radius 3 is 2.70 bits per heavy atom. The summed E-state index contributed by atoms with van der Waals surface area (Å²) in [4.78, 5) is 4.64. The number of hydrogen-bond acceptors (Lipinski definition) is 4. The molecule has 0 spiro atoms. The second-order valence-corrected chi connectivity index (χ2v) is 6.63. The highest BCUT2D eigenvalue weighted by molar-refractivity contribution is 6.36. The largest absolute Gasteiger partial charge is 0.366 e. The zero-order valence-corrected chi connectivity index (χ0v) is 15.3. The van der Waals surface area contributed by atoms with E-state index in [4.69, 9.17) is 25.2 Å². The van der Waals surface area contributed by atoms with Crippen LogP contribution in [0.1, 0.15) is 11.1 Å². The number of nitrogens with one attached hydrogen (secondary N) is 1. The van der Waals surface area contributed by atoms with Gasteiger partial charge in [0.1, 0.15) is 13.7 Å². The fraction of sp³-hybridized carbons (Fsp3) is 0.100. The van der Waals surface area contributed by atoms with E-state index in [2.05, 4.69) is 27.5 Å². The van der Waals surface area contributed by atoms with Crippen LogP contribution in [0.2, 0.25) is 5.02 Å². The molecule has 0 aliphatic carbocycles. The highest BCUT2D eigenvalue weighted by Gasteiger charge is 2.12. The van der Waals surface area contributed by atoms with Crippen molar-refractivity contribution in [3.63, 3.8) is 0 Å². The molecule has 2 aromatic carbocycles. The molecular formula is C20H17BClN5. The molecule has 4 rings (SSSR count). The first kappa shape index (κ1) is 17.6. The van der Waals surface area contributed by atoms with E-state index >= 15 is 0 Å². The summed E-state index contributed by atoms with van der Waals surface area (Å²) in [5, 5.41) is 8.39. The molecule has 0 aliphatic heterocycles. The van der Waals surface area contributed by atoms with E-state index < -0.39 is 0 Å². The standard InChI is InChI=1S/C20H17BClN5/c21-16-12-25-27-19(24-11-14-5-3-4-13(8-14)10-23)9-18(26-20(16)27)15-6-1-2-7-17(15)22/h1-9,12,24H,10-11,23H2. The summed E-state index contributed by atoms with van der Waals surface area (Å²) in [5.74, 6) is 0.782. The Bertz CT molecular complexity index is 1110. The lowest BCUT2D eigenvalue weighted by molar-refractivity contribution is 0.926. The molecule has 0 aliphatic rings. The van der Waals surface area contributed by atoms with Gasteiger partial charge in [-0.1, -0.05) is 54.1 Å². The Hall–Kier alpha value is -2.83. The Morgan fingerprint density at radius 1 is 1.07 bits per heavy atom. The molecule has 0 amide bonds. The van der Waals surface area contributed by atoms with Crippen LogP contribution in [-0.4, -0.2) is 22.4 Å². The zero-order chi connectivity index (χ0) is 18.8. The van der Waals surface area contributed by atoms with Gasteiger partial charge in [-0.3, -0.25) is 0 Å². The third-order valence-corrected chi connectivity index (χ3v) is 4.68. The van der Waals surface area contributed by atoms with Crippen molar-refractivity contribution >= 4 is 36.4 Å². The number of hydrogen-bond donors (Lipinski definition) is 2. The smallest absolute Gasteiger partial charge is 0.150 e. The molecule has 0 saturated heterocycles. The maximum Gasteiger partial charge on any atom is 0.150 e. The molecule has 2 aromatic heterocycles. The summed E-state index contributed by atoms with van der Waals surface area (Å²) in [7, 11) is 6.05. The molecule has 0 saturated carbocycles. The quantitative estimate of drug-likeness (QED) is 0.528. The van der Waals surface area contributed by atoms with Gasteiger partial charge in [0, 0.05) is 35.9 Å². The van der Waals surface area contributed by atoms with Gasteiger partial charge in [-0.15, -0.1) is 0 Å². The van der Waals surface area contributed by atoms with Gasteiger partial charge >= 0.3 is 0 Å². The monoisotopic (exact) mass is 373 g/mol. The molecule has 2 heterocycles. The van der Waals surface area contributed by atoms with Crippen molar-refractivity contribution < 1.29 is 0 Å². The number of fused-ring (bicyclic) bond motifs is 1. The summed E-state index contributed by atoms with van der Waals surface area (Å²) in [6, 6.07) is 17.7. The molecule has 4 aromatic rings. The van der Waals surface area contributed by atoms with E-state index in [1.807, 2.05) is 42.5 Å². The average Bonchev–Trinajstić information content (AvgIpc) is 3.07. The topological polar surface area (TPSA) is 68.2 Å². The predicted octanol–water partition coefficient (Wildman–Crippen LogP) is 2.91. The van der Waals surface area contributed by atoms with Gasteiger partial charge in [-0.2, -0.15) is 9.61 Å². The summed E-state index contributed by atoms with van der Waals surface area (Å²) in [5.41, 5.74) is 10.6. The van der Waals surface area contributed by atoms with E-state index in [9.17, 15) is 0 Å². The summed E-state index contributed by atoms with van der Waals surface area (Å²) in [6.07, 6.45) is 1.60. The maximum atomic E-state index is 6.36. The molecule has 7 heteroatoms. The number of benzene rings is 2. The third kappa shape index (κ3) is 3.54. The lowest BCUT2D eigenvalue weighted by atomic mass is 10.0. The Balaban J connectivity index is 1.74. The van der Waals surface area contributed by atoms with Crippen molar-refractivity contribution in [2.45, 2.75) is 13.1 Å². The minimum absolute atomic E-state index is 0.511. The Morgan fingerprint density at radius 2 is 1.89 bits per heavy atom. The van der Waals surface area contributed by atoms with Crippen LogP contribution in [0.3, 0.4) is 0 Å². The van der Waals surface area contributed by atoms with Crippen molar-refractivity contribution in [3.05, 3.63) is 76.9 Å². The second-order valence-electron chi connectivity index (χ2n) is 6.22. The van der Waals surface area contributed by atoms with Crippen LogP contribution in [0.5, 0.6) is 0 Å². The van der Waals surface area contributed by atoms with E-state index in [1.54, 1.807) is 10.7 Å². The van der Waals surface area contributed by atoms with Gasteiger partial charge < -0.3 is 11.1 Å². The summed E-state index contributed by atoms with van der Waals surface area (Å²) < 4.78 is 1.70. The minimum Gasteiger partial charge on any atom is -0.366 e. The second kappa shape index (κ2) is 7.43. The number of rotatable bonds is 5. The van der Waals surface area contributed by atoms with Gasteiger partial charge in [0.15, 0.2) is 5.65 Å². The fourth-order valence-corrected chi connectivity index (χ4v) is 3.20. The molecule has 132 valence electrons. The van der Waals surface area contributed by atoms with Crippen LogP contribution in [-0.2, 0) is 13.1 Å². The molecule has 0 fully saturated rings. The lowest BCUT2D eigenvalue weighted by Crippen LogP contribution is -2.10. The summed E-state index contributed by atoms with van der Waals surface area (Å²) >= 11 is 6.36. The fourth-order valence-electron chi connectivity index (χ4n) is 2.97. The van der Waals surface area contributed by atoms with Gasteiger partial charge in [0.2, 0.25) is 0 Å². The van der Waals surface area contributed by atoms with Gasteiger partial charge in [0.25, 0.3) is 0 Å². The number of anilines is 1. The molecule has 0 unspecified atom stereocenters. The first-order chi connectivity index (χ1) is 13.2. The highest BCUT2D eigenvalue weighted by atomic mass is 35.5. The zero-order valence-electron chi connectivity index (χ0n) is 14.6. The maximum absolute atomic E-state index is 6.36. The van der Waals surface area contributed by atoms with Crippen molar-refractivity contribution in [1.29, 1.82) is 0 Å². The normalized spacial score (nSPS) is 11.0. The molecule has 5 nitrogen and oxygen atoms in total. The highest BCUT2D eigenvalue weighted by Crippen LogP contribution is 2.28. The van der Waals surface area contributed by atoms with Crippen molar-refractivity contribution in [2.24, 2.45) is 5.73 Å². The average molecular weight is 374 g/mol. The van der Waals surface area contributed by atoms with E-state index in [1.165, 1.54) is 0 Å². The number of aromatic nitrogens is 3. The Labute approximate surface area is 163 Å². The van der Waals surface area contributed by atoms with E-state index in [0.717, 1.165) is 28.2 Å². The van der Waals surface area contributed by atoms with E-state index in [0.29, 0.717) is 29.2 Å². The number of nitrogens with two attached hydrogens (primary N) is 1. The molecule has 0 atom stereocenters. The van der Waals surface area contributed by atoms with Gasteiger partial charge in [-0.05, 0) is 22.7 Å². The van der Waals surface area contributed by atoms with Crippen LogP contribution in [0.4, 0.5) is 5.82 Å². The predicted molar refractivity (Wildman–Crippen MR) is 110 cm³/mol. The third-order valence-electron chi connectivity index (χ3n) is 4.35. The first-order valence-electron chi connectivity index (χ1n) is 8.56. The molecular weight excluding hydrogens is 357 g/mol. The molecule has 27 heavy (non-hydrogen) atoms. The van der Waals surface area contributed by atoms with Crippen LogP contribution in [0.15, 0.2) is 60.8 Å². The first-order valence-corrected chi connectivity index (χ1v) is 8.94. The Kier molecular flexibility index (Phi) is 4.84. The molecule has 2 radical (unpaired) electrons. The van der Waals surface area contributed by atoms with Crippen LogP contribution < -0.4 is 16.5 Å². The van der Waals surface area contributed by atoms with Crippen molar-refractivity contribution in [2.75, 3.05) is 5.32 Å². The van der Waals surface area contributed by atoms with Crippen molar-refractivity contribution in [3.8, 4) is 11.3 Å². The van der Waals surface area contributed by atoms with Crippen LogP contribution in [0.25, 0.3) is 16.9 Å². The number of halogens is 1. The number of nitrogens with zero attached hydrogens (tertiary/aromatic N) is 3. The lowest BCUT2D eigenvalue weighted by Gasteiger charge is -2.12. The van der Waals surface area contributed by atoms with Crippen LogP contribution >= 0.6 is 11.6 Å². The molecule has 3 N–H and O–H groups in total. The van der Waals surface area contributed by atoms with Gasteiger partial charge in [-0.25, -0.2) is 4.98 Å². The summed E-state index contributed by atoms with van der Waals surface area (Å²) in [6.45, 7) is 1.13. The van der Waals surface area contributed by atoms with Crippen molar-refractivity contribution in [1.82, 2.24) is 14.6 Å². The van der Waals surface area contributed by atoms with E-state index in [-0.39, 0.29) is 0 Å². The minimum atomic E-state index is 0.511. The van der Waals surface area contributed by atoms with Crippen LogP contribution in [0, 0.1) is 0 Å². The molecule has 0 bridgehead atoms. The van der Waals surface area contributed by atoms with Gasteiger partial charge in [0.05, 0.1) is 5.69 Å².